The Labute approximate surface area is 224 Å². The molecule has 1 spiro atoms. The van der Waals surface area contributed by atoms with Gasteiger partial charge >= 0.3 is 0 Å². The molecular weight excluding hydrogens is 487 g/mol. The molecule has 2 atom stereocenters. The van der Waals surface area contributed by atoms with Crippen molar-refractivity contribution in [3.8, 4) is 0 Å². The van der Waals surface area contributed by atoms with Crippen LogP contribution in [0, 0.1) is 17.2 Å². The van der Waals surface area contributed by atoms with Crippen molar-refractivity contribution in [2.45, 2.75) is 50.2 Å². The van der Waals surface area contributed by atoms with Crippen LogP contribution in [0.3, 0.4) is 0 Å². The number of rotatable bonds is 8. The maximum Gasteiger partial charge on any atom is 0.151 e. The van der Waals surface area contributed by atoms with Crippen LogP contribution in [0.5, 0.6) is 0 Å². The Balaban J connectivity index is 1.02. The molecule has 3 saturated heterocycles. The van der Waals surface area contributed by atoms with E-state index >= 15 is 0 Å². The summed E-state index contributed by atoms with van der Waals surface area (Å²) in [7, 11) is 2.21. The van der Waals surface area contributed by atoms with Gasteiger partial charge in [0.2, 0.25) is 0 Å². The van der Waals surface area contributed by atoms with Crippen LogP contribution in [0.2, 0.25) is 0 Å². The van der Waals surface area contributed by atoms with Crippen LogP contribution in [-0.2, 0) is 4.74 Å². The fraction of sp³-hybridized carbons (Fsp3) is 0.643. The molecule has 1 saturated carbocycles. The monoisotopic (exact) mass is 526 g/mol. The number of hydrogen-bond acceptors (Lipinski definition) is 8. The number of nitrogens with zero attached hydrogens (tertiary/aromatic N) is 5. The average molecular weight is 527 g/mol. The number of piperidine rings is 1. The number of likely N-dealkylation sites (tertiary alicyclic amines) is 1. The molecule has 1 aromatic carbocycles. The van der Waals surface area contributed by atoms with E-state index in [0.717, 1.165) is 63.2 Å². The number of anilines is 1. The summed E-state index contributed by atoms with van der Waals surface area (Å²) in [5, 5.41) is 8.46. The summed E-state index contributed by atoms with van der Waals surface area (Å²) in [5.41, 5.74) is 1.68. The van der Waals surface area contributed by atoms with E-state index < -0.39 is 0 Å². The van der Waals surface area contributed by atoms with E-state index in [9.17, 15) is 4.39 Å². The van der Waals surface area contributed by atoms with Crippen molar-refractivity contribution in [3.05, 3.63) is 54.0 Å². The highest BCUT2D eigenvalue weighted by atomic mass is 32.2. The van der Waals surface area contributed by atoms with Gasteiger partial charge in [0, 0.05) is 75.0 Å². The number of nitrogens with one attached hydrogen (secondary N) is 1. The summed E-state index contributed by atoms with van der Waals surface area (Å²) in [6.07, 6.45) is 7.29. The Kier molecular flexibility index (Phi) is 7.68. The number of benzene rings is 1. The minimum Gasteiger partial charge on any atom is -0.378 e. The van der Waals surface area contributed by atoms with Crippen LogP contribution < -0.4 is 9.62 Å². The smallest absolute Gasteiger partial charge is 0.151 e. The van der Waals surface area contributed by atoms with Crippen molar-refractivity contribution in [3.63, 3.8) is 0 Å². The maximum absolute atomic E-state index is 13.7. The summed E-state index contributed by atoms with van der Waals surface area (Å²) < 4.78 is 26.5. The summed E-state index contributed by atoms with van der Waals surface area (Å²) in [4.78, 5) is 4.77. The first kappa shape index (κ1) is 25.5. The lowest BCUT2D eigenvalue weighted by Gasteiger charge is -2.59. The second kappa shape index (κ2) is 11.1. The summed E-state index contributed by atoms with van der Waals surface area (Å²) >= 11 is 1.82. The highest BCUT2D eigenvalue weighted by Crippen LogP contribution is 2.41. The third kappa shape index (κ3) is 5.96. The largest absolute Gasteiger partial charge is 0.378 e. The number of aromatic nitrogens is 2. The van der Waals surface area contributed by atoms with E-state index in [4.69, 9.17) is 4.74 Å². The van der Waals surface area contributed by atoms with Crippen molar-refractivity contribution >= 4 is 18.0 Å². The van der Waals surface area contributed by atoms with Gasteiger partial charge in [-0.15, -0.1) is 5.10 Å². The van der Waals surface area contributed by atoms with E-state index in [0.29, 0.717) is 23.3 Å². The van der Waals surface area contributed by atoms with Crippen LogP contribution in [0.15, 0.2) is 42.6 Å². The van der Waals surface area contributed by atoms with Crippen LogP contribution in [0.1, 0.15) is 43.6 Å². The molecule has 200 valence electrons. The average Bonchev–Trinajstić information content (AvgIpc) is 2.89. The topological polar surface area (TPSA) is 56.8 Å². The molecular formula is C28H39FN6OS. The molecule has 9 heteroatoms. The van der Waals surface area contributed by atoms with Crippen molar-refractivity contribution < 1.29 is 9.13 Å². The van der Waals surface area contributed by atoms with Crippen LogP contribution in [0.25, 0.3) is 0 Å². The van der Waals surface area contributed by atoms with Crippen LogP contribution >= 0.6 is 12.1 Å². The van der Waals surface area contributed by atoms with Gasteiger partial charge in [0.15, 0.2) is 5.82 Å². The third-order valence-electron chi connectivity index (χ3n) is 8.72. The second-order valence-electron chi connectivity index (χ2n) is 11.7. The Morgan fingerprint density at radius 2 is 1.92 bits per heavy atom. The molecule has 1 N–H and O–H groups in total. The van der Waals surface area contributed by atoms with Crippen molar-refractivity contribution in [1.29, 1.82) is 0 Å². The molecule has 0 amide bonds. The van der Waals surface area contributed by atoms with Crippen molar-refractivity contribution in [2.75, 3.05) is 57.8 Å². The lowest BCUT2D eigenvalue weighted by atomic mass is 9.75. The van der Waals surface area contributed by atoms with E-state index in [2.05, 4.69) is 48.2 Å². The van der Waals surface area contributed by atoms with Gasteiger partial charge in [0.05, 0.1) is 12.7 Å². The fourth-order valence-electron chi connectivity index (χ4n) is 6.82. The standard InChI is InChI=1S/C28H39FN6OS/c1-33-17-28(18-33)19-35(20-28)37-32-26-11-13-34(27-6-3-12-30-31-27)15-23(26)16-36-25-9-7-21(8-10-25)22-4-2-5-24(29)14-22/h2-6,12,14,21,23,25-26,32H,7-11,13,15-20H2,1H3. The minimum absolute atomic E-state index is 0.134. The minimum atomic E-state index is -0.134. The van der Waals surface area contributed by atoms with Gasteiger partial charge in [0.1, 0.15) is 5.82 Å². The highest BCUT2D eigenvalue weighted by molar-refractivity contribution is 7.95. The Bertz CT molecular complexity index is 1020. The Morgan fingerprint density at radius 3 is 2.65 bits per heavy atom. The SMILES string of the molecule is CN1CC2(C1)CN(SNC1CCN(c3cccnn3)CC1COC1CCC(c3cccc(F)c3)CC1)C2. The zero-order valence-corrected chi connectivity index (χ0v) is 22.6. The van der Waals surface area contributed by atoms with Gasteiger partial charge in [-0.3, -0.25) is 0 Å². The first-order chi connectivity index (χ1) is 18.1. The highest BCUT2D eigenvalue weighted by Gasteiger charge is 2.50. The van der Waals surface area contributed by atoms with E-state index in [1.165, 1.54) is 32.2 Å². The molecule has 0 radical (unpaired) electrons. The molecule has 4 heterocycles. The quantitative estimate of drug-likeness (QED) is 0.519. The number of hydrogen-bond donors (Lipinski definition) is 1. The van der Waals surface area contributed by atoms with Crippen molar-refractivity contribution in [2.24, 2.45) is 11.3 Å². The predicted octanol–water partition coefficient (Wildman–Crippen LogP) is 3.95. The van der Waals surface area contributed by atoms with Gasteiger partial charge in [0.25, 0.3) is 0 Å². The Hall–Kier alpha value is -1.78. The molecule has 6 rings (SSSR count). The van der Waals surface area contributed by atoms with Crippen molar-refractivity contribution in [1.82, 2.24) is 24.1 Å². The van der Waals surface area contributed by atoms with Gasteiger partial charge in [-0.2, -0.15) is 5.10 Å². The molecule has 1 aliphatic carbocycles. The number of halogens is 1. The van der Waals surface area contributed by atoms with E-state index in [1.807, 2.05) is 24.3 Å². The number of ether oxygens (including phenoxy) is 1. The maximum atomic E-state index is 13.7. The van der Waals surface area contributed by atoms with Crippen LogP contribution in [0.4, 0.5) is 10.2 Å². The summed E-state index contributed by atoms with van der Waals surface area (Å²) in [6.45, 7) is 7.48. The molecule has 2 aromatic rings. The van der Waals surface area contributed by atoms with E-state index in [-0.39, 0.29) is 11.9 Å². The summed E-state index contributed by atoms with van der Waals surface area (Å²) in [6, 6.07) is 11.5. The molecule has 1 aromatic heterocycles. The fourth-order valence-corrected chi connectivity index (χ4v) is 8.09. The molecule has 7 nitrogen and oxygen atoms in total. The lowest BCUT2D eigenvalue weighted by molar-refractivity contribution is -0.0636. The normalized spacial score (nSPS) is 30.2. The third-order valence-corrected chi connectivity index (χ3v) is 9.65. The molecule has 4 aliphatic rings. The zero-order chi connectivity index (χ0) is 25.2. The molecule has 37 heavy (non-hydrogen) atoms. The predicted molar refractivity (Wildman–Crippen MR) is 146 cm³/mol. The Morgan fingerprint density at radius 1 is 1.08 bits per heavy atom. The van der Waals surface area contributed by atoms with E-state index in [1.54, 1.807) is 12.3 Å². The first-order valence-electron chi connectivity index (χ1n) is 13.8. The molecule has 3 aliphatic heterocycles. The zero-order valence-electron chi connectivity index (χ0n) is 21.8. The van der Waals surface area contributed by atoms with Gasteiger partial charge in [-0.25, -0.2) is 13.4 Å². The first-order valence-corrected chi connectivity index (χ1v) is 14.6. The second-order valence-corrected chi connectivity index (χ2v) is 12.7. The molecule has 0 bridgehead atoms. The van der Waals surface area contributed by atoms with Crippen LogP contribution in [-0.4, -0.2) is 84.5 Å². The molecule has 4 fully saturated rings. The van der Waals surface area contributed by atoms with Gasteiger partial charge in [-0.05, 0) is 74.9 Å². The van der Waals surface area contributed by atoms with Gasteiger partial charge in [-0.1, -0.05) is 12.1 Å². The lowest BCUT2D eigenvalue weighted by Crippen LogP contribution is -2.69. The molecule has 2 unspecified atom stereocenters. The van der Waals surface area contributed by atoms with Gasteiger partial charge < -0.3 is 14.5 Å². The summed E-state index contributed by atoms with van der Waals surface area (Å²) in [5.74, 6) is 1.64.